The minimum Gasteiger partial charge on any atom is -0.393 e. The fourth-order valence-electron chi connectivity index (χ4n) is 2.98. The van der Waals surface area contributed by atoms with Gasteiger partial charge in [-0.3, -0.25) is 0 Å². The lowest BCUT2D eigenvalue weighted by molar-refractivity contribution is -0.0496. The van der Waals surface area contributed by atoms with Gasteiger partial charge in [0.1, 0.15) is 0 Å². The zero-order valence-corrected chi connectivity index (χ0v) is 11.5. The van der Waals surface area contributed by atoms with E-state index in [0.717, 1.165) is 6.42 Å². The van der Waals surface area contributed by atoms with Gasteiger partial charge in [-0.25, -0.2) is 0 Å². The first-order valence-corrected chi connectivity index (χ1v) is 7.24. The Labute approximate surface area is 120 Å². The van der Waals surface area contributed by atoms with E-state index in [4.69, 9.17) is 4.74 Å². The summed E-state index contributed by atoms with van der Waals surface area (Å²) in [5.41, 5.74) is 2.50. The lowest BCUT2D eigenvalue weighted by Crippen LogP contribution is -2.34. The Balaban J connectivity index is 1.95. The maximum Gasteiger partial charge on any atom is 0.0708 e. The van der Waals surface area contributed by atoms with Gasteiger partial charge in [-0.05, 0) is 17.5 Å². The molecule has 1 saturated heterocycles. The van der Waals surface area contributed by atoms with E-state index in [1.807, 2.05) is 12.1 Å². The van der Waals surface area contributed by atoms with Crippen molar-refractivity contribution in [2.45, 2.75) is 31.0 Å². The predicted octanol–water partition coefficient (Wildman–Crippen LogP) is 3.36. The molecule has 1 fully saturated rings. The summed E-state index contributed by atoms with van der Waals surface area (Å²) in [5, 5.41) is 9.94. The lowest BCUT2D eigenvalue weighted by atomic mass is 9.83. The van der Waals surface area contributed by atoms with Gasteiger partial charge in [0.05, 0.1) is 12.2 Å². The summed E-state index contributed by atoms with van der Waals surface area (Å²) in [6.07, 6.45) is 1.24. The van der Waals surface area contributed by atoms with Gasteiger partial charge in [0.15, 0.2) is 0 Å². The molecule has 104 valence electrons. The van der Waals surface area contributed by atoms with Crippen LogP contribution < -0.4 is 0 Å². The molecule has 0 spiro atoms. The highest BCUT2D eigenvalue weighted by molar-refractivity contribution is 5.34. The van der Waals surface area contributed by atoms with Crippen molar-refractivity contribution in [1.29, 1.82) is 0 Å². The highest BCUT2D eigenvalue weighted by atomic mass is 16.5. The topological polar surface area (TPSA) is 29.5 Å². The number of hydrogen-bond donors (Lipinski definition) is 1. The van der Waals surface area contributed by atoms with Crippen molar-refractivity contribution >= 4 is 0 Å². The Hall–Kier alpha value is -1.64. The highest BCUT2D eigenvalue weighted by Crippen LogP contribution is 2.34. The summed E-state index contributed by atoms with van der Waals surface area (Å²) in [5.74, 6) is 0.187. The molecule has 0 unspecified atom stereocenters. The highest BCUT2D eigenvalue weighted by Gasteiger charge is 2.30. The summed E-state index contributed by atoms with van der Waals surface area (Å²) < 4.78 is 5.96. The molecule has 1 heterocycles. The average molecular weight is 268 g/mol. The minimum absolute atomic E-state index is 0.0450. The van der Waals surface area contributed by atoms with Crippen molar-refractivity contribution in [2.75, 3.05) is 6.61 Å². The summed E-state index contributed by atoms with van der Waals surface area (Å²) in [7, 11) is 0. The molecule has 1 aliphatic rings. The predicted molar refractivity (Wildman–Crippen MR) is 79.7 cm³/mol. The second-order valence-corrected chi connectivity index (χ2v) is 5.39. The zero-order chi connectivity index (χ0) is 13.8. The van der Waals surface area contributed by atoms with E-state index >= 15 is 0 Å². The Morgan fingerprint density at radius 2 is 1.45 bits per heavy atom. The first kappa shape index (κ1) is 13.3. The number of hydrogen-bond acceptors (Lipinski definition) is 2. The molecular weight excluding hydrogens is 248 g/mol. The third-order valence-electron chi connectivity index (χ3n) is 3.98. The maximum absolute atomic E-state index is 9.94. The molecule has 1 N–H and O–H groups in total. The van der Waals surface area contributed by atoms with Crippen LogP contribution in [0.1, 0.15) is 29.9 Å². The Kier molecular flexibility index (Phi) is 4.14. The van der Waals surface area contributed by atoms with E-state index in [0.29, 0.717) is 13.0 Å². The fraction of sp³-hybridized carbons (Fsp3) is 0.333. The third-order valence-corrected chi connectivity index (χ3v) is 3.98. The lowest BCUT2D eigenvalue weighted by Gasteiger charge is -2.33. The van der Waals surface area contributed by atoms with Crippen LogP contribution in [0.25, 0.3) is 0 Å². The standard InChI is InChI=1S/C18H20O2/c19-16-11-12-20-17(13-16)18(14-7-3-1-4-8-14)15-9-5-2-6-10-15/h1-10,16-19H,11-13H2/t16-,17+/m1/s1. The van der Waals surface area contributed by atoms with Gasteiger partial charge >= 0.3 is 0 Å². The van der Waals surface area contributed by atoms with E-state index in [1.165, 1.54) is 11.1 Å². The molecule has 3 rings (SSSR count). The molecule has 2 heteroatoms. The zero-order valence-electron chi connectivity index (χ0n) is 11.5. The van der Waals surface area contributed by atoms with Crippen LogP contribution in [0.15, 0.2) is 60.7 Å². The number of ether oxygens (including phenoxy) is 1. The van der Waals surface area contributed by atoms with Crippen molar-refractivity contribution in [3.05, 3.63) is 71.8 Å². The first-order chi connectivity index (χ1) is 9.84. The SMILES string of the molecule is O[C@@H]1CCO[C@H](C(c2ccccc2)c2ccccc2)C1. The Morgan fingerprint density at radius 3 is 1.95 bits per heavy atom. The van der Waals surface area contributed by atoms with Crippen molar-refractivity contribution in [3.63, 3.8) is 0 Å². The molecule has 0 saturated carbocycles. The molecule has 0 aromatic heterocycles. The van der Waals surface area contributed by atoms with Gasteiger partial charge in [-0.2, -0.15) is 0 Å². The van der Waals surface area contributed by atoms with Crippen LogP contribution >= 0.6 is 0 Å². The molecule has 2 aromatic rings. The smallest absolute Gasteiger partial charge is 0.0708 e. The monoisotopic (exact) mass is 268 g/mol. The summed E-state index contributed by atoms with van der Waals surface area (Å²) in [4.78, 5) is 0. The van der Waals surface area contributed by atoms with E-state index < -0.39 is 0 Å². The molecule has 1 aliphatic heterocycles. The number of rotatable bonds is 3. The van der Waals surface area contributed by atoms with E-state index in [-0.39, 0.29) is 18.1 Å². The Morgan fingerprint density at radius 1 is 0.900 bits per heavy atom. The van der Waals surface area contributed by atoms with Crippen LogP contribution in [0.2, 0.25) is 0 Å². The summed E-state index contributed by atoms with van der Waals surface area (Å²) >= 11 is 0. The number of benzene rings is 2. The van der Waals surface area contributed by atoms with Gasteiger partial charge in [0.25, 0.3) is 0 Å². The van der Waals surface area contributed by atoms with E-state index in [1.54, 1.807) is 0 Å². The maximum atomic E-state index is 9.94. The van der Waals surface area contributed by atoms with Gasteiger partial charge in [0.2, 0.25) is 0 Å². The van der Waals surface area contributed by atoms with Crippen molar-refractivity contribution in [1.82, 2.24) is 0 Å². The third kappa shape index (κ3) is 2.92. The molecule has 0 amide bonds. The van der Waals surface area contributed by atoms with Gasteiger partial charge in [0, 0.05) is 18.9 Å². The normalized spacial score (nSPS) is 22.9. The number of aliphatic hydroxyl groups excluding tert-OH is 1. The minimum atomic E-state index is -0.247. The molecule has 0 radical (unpaired) electrons. The quantitative estimate of drug-likeness (QED) is 0.925. The number of aliphatic hydroxyl groups is 1. The van der Waals surface area contributed by atoms with Crippen LogP contribution in [0.4, 0.5) is 0 Å². The van der Waals surface area contributed by atoms with E-state index in [9.17, 15) is 5.11 Å². The van der Waals surface area contributed by atoms with Crippen molar-refractivity contribution in [2.24, 2.45) is 0 Å². The van der Waals surface area contributed by atoms with Crippen LogP contribution in [0.5, 0.6) is 0 Å². The van der Waals surface area contributed by atoms with E-state index in [2.05, 4.69) is 48.5 Å². The van der Waals surface area contributed by atoms with Crippen LogP contribution in [-0.2, 0) is 4.74 Å². The second-order valence-electron chi connectivity index (χ2n) is 5.39. The molecule has 20 heavy (non-hydrogen) atoms. The van der Waals surface area contributed by atoms with Gasteiger partial charge < -0.3 is 9.84 Å². The van der Waals surface area contributed by atoms with Gasteiger partial charge in [-0.15, -0.1) is 0 Å². The van der Waals surface area contributed by atoms with Crippen LogP contribution in [0, 0.1) is 0 Å². The summed E-state index contributed by atoms with van der Waals surface area (Å²) in [6, 6.07) is 20.9. The van der Waals surface area contributed by atoms with Gasteiger partial charge in [-0.1, -0.05) is 60.7 Å². The molecular formula is C18H20O2. The molecule has 2 atom stereocenters. The molecule has 0 bridgehead atoms. The van der Waals surface area contributed by atoms with Crippen molar-refractivity contribution in [3.8, 4) is 0 Å². The second kappa shape index (κ2) is 6.21. The Bertz CT molecular complexity index is 484. The molecule has 2 aromatic carbocycles. The average Bonchev–Trinajstić information content (AvgIpc) is 2.50. The fourth-order valence-corrected chi connectivity index (χ4v) is 2.98. The molecule has 0 aliphatic carbocycles. The molecule has 2 nitrogen and oxygen atoms in total. The van der Waals surface area contributed by atoms with Crippen LogP contribution in [-0.4, -0.2) is 23.9 Å². The first-order valence-electron chi connectivity index (χ1n) is 7.24. The van der Waals surface area contributed by atoms with Crippen LogP contribution in [0.3, 0.4) is 0 Å². The largest absolute Gasteiger partial charge is 0.393 e. The summed E-state index contributed by atoms with van der Waals surface area (Å²) in [6.45, 7) is 0.641. The van der Waals surface area contributed by atoms with Crippen molar-refractivity contribution < 1.29 is 9.84 Å².